The van der Waals surface area contributed by atoms with Gasteiger partial charge in [0.15, 0.2) is 10.7 Å². The standard InChI is InChI=1S/C5H3ClN2O3/c6-5(9)4-2-1-3-7(4)8(10)11/h1-3H. The molecule has 11 heavy (non-hydrogen) atoms. The first-order valence-corrected chi connectivity index (χ1v) is 3.02. The molecule has 0 spiro atoms. The van der Waals surface area contributed by atoms with Crippen molar-refractivity contribution >= 4 is 16.8 Å². The van der Waals surface area contributed by atoms with Crippen LogP contribution in [-0.2, 0) is 0 Å². The second kappa shape index (κ2) is 2.71. The molecule has 0 aliphatic heterocycles. The smallest absolute Gasteiger partial charge is 0.274 e. The van der Waals surface area contributed by atoms with Crippen LogP contribution in [0.4, 0.5) is 0 Å². The molecule has 1 heterocycles. The number of carbonyl (C=O) groups is 1. The lowest BCUT2D eigenvalue weighted by atomic mass is 10.5. The highest BCUT2D eigenvalue weighted by molar-refractivity contribution is 6.67. The molecule has 0 bridgehead atoms. The van der Waals surface area contributed by atoms with Gasteiger partial charge in [-0.25, -0.2) is 10.1 Å². The van der Waals surface area contributed by atoms with Gasteiger partial charge in [-0.15, -0.1) is 0 Å². The number of hydrogen-bond donors (Lipinski definition) is 0. The molecule has 0 aromatic carbocycles. The second-order valence-electron chi connectivity index (χ2n) is 1.75. The third-order valence-electron chi connectivity index (χ3n) is 1.11. The van der Waals surface area contributed by atoms with Crippen LogP contribution in [0.2, 0.25) is 0 Å². The largest absolute Gasteiger partial charge is 0.275 e. The van der Waals surface area contributed by atoms with Crippen molar-refractivity contribution < 1.29 is 9.83 Å². The molecule has 6 heteroatoms. The molecule has 0 radical (unpaired) electrons. The van der Waals surface area contributed by atoms with Gasteiger partial charge in [0.05, 0.1) is 6.20 Å². The summed E-state index contributed by atoms with van der Waals surface area (Å²) < 4.78 is 0.565. The van der Waals surface area contributed by atoms with Crippen LogP contribution in [0, 0.1) is 10.1 Å². The predicted octanol–water partition coefficient (Wildman–Crippen LogP) is 0.907. The number of halogens is 1. The lowest BCUT2D eigenvalue weighted by Gasteiger charge is -1.91. The molecule has 0 fully saturated rings. The normalized spacial score (nSPS) is 9.55. The summed E-state index contributed by atoms with van der Waals surface area (Å²) in [5.41, 5.74) is -0.142. The number of hydrogen-bond acceptors (Lipinski definition) is 3. The van der Waals surface area contributed by atoms with Gasteiger partial charge in [-0.05, 0) is 23.7 Å². The van der Waals surface area contributed by atoms with E-state index in [1.807, 2.05) is 0 Å². The Morgan fingerprint density at radius 3 is 2.73 bits per heavy atom. The maximum atomic E-state index is 10.5. The fraction of sp³-hybridized carbons (Fsp3) is 0. The van der Waals surface area contributed by atoms with Crippen molar-refractivity contribution in [2.75, 3.05) is 0 Å². The monoisotopic (exact) mass is 174 g/mol. The molecule has 58 valence electrons. The predicted molar refractivity (Wildman–Crippen MR) is 37.0 cm³/mol. The molecule has 0 atom stereocenters. The Labute approximate surface area is 66.3 Å². The third kappa shape index (κ3) is 1.38. The number of rotatable bonds is 2. The fourth-order valence-corrected chi connectivity index (χ4v) is 0.820. The molecule has 0 amide bonds. The van der Waals surface area contributed by atoms with E-state index in [-0.39, 0.29) is 5.69 Å². The summed E-state index contributed by atoms with van der Waals surface area (Å²) in [5.74, 6) is 0. The number of nitrogens with zero attached hydrogens (tertiary/aromatic N) is 2. The molecule has 0 aliphatic carbocycles. The molecule has 1 aromatic rings. The quantitative estimate of drug-likeness (QED) is 0.380. The van der Waals surface area contributed by atoms with Crippen molar-refractivity contribution in [2.45, 2.75) is 0 Å². The zero-order valence-electron chi connectivity index (χ0n) is 5.23. The molecule has 0 N–H and O–H groups in total. The first-order valence-electron chi connectivity index (χ1n) is 2.65. The maximum Gasteiger partial charge on any atom is 0.275 e. The summed E-state index contributed by atoms with van der Waals surface area (Å²) in [6.07, 6.45) is 1.15. The summed E-state index contributed by atoms with van der Waals surface area (Å²) in [6.45, 7) is 0. The number of aromatic nitrogens is 1. The topological polar surface area (TPSA) is 65.1 Å². The Balaban J connectivity index is 3.16. The van der Waals surface area contributed by atoms with Crippen LogP contribution in [0.5, 0.6) is 0 Å². The first-order chi connectivity index (χ1) is 5.13. The van der Waals surface area contributed by atoms with E-state index in [0.717, 1.165) is 6.20 Å². The van der Waals surface area contributed by atoms with E-state index < -0.39 is 10.3 Å². The van der Waals surface area contributed by atoms with Gasteiger partial charge < -0.3 is 0 Å². The molecule has 1 aromatic heterocycles. The summed E-state index contributed by atoms with van der Waals surface area (Å²) in [4.78, 5) is 20.6. The SMILES string of the molecule is O=C(Cl)c1cccn1[N+](=O)[O-]. The van der Waals surface area contributed by atoms with E-state index in [1.54, 1.807) is 0 Å². The minimum absolute atomic E-state index is 0.142. The van der Waals surface area contributed by atoms with Gasteiger partial charge in [-0.1, -0.05) is 4.68 Å². The molecular formula is C5H3ClN2O3. The minimum atomic E-state index is -0.841. The minimum Gasteiger partial charge on any atom is -0.274 e. The number of carbonyl (C=O) groups excluding carboxylic acids is 1. The van der Waals surface area contributed by atoms with Gasteiger partial charge in [-0.3, -0.25) is 4.79 Å². The summed E-state index contributed by atoms with van der Waals surface area (Å²) in [5, 5.41) is 8.58. The van der Waals surface area contributed by atoms with Crippen molar-refractivity contribution in [3.8, 4) is 0 Å². The van der Waals surface area contributed by atoms with Gasteiger partial charge in [-0.2, -0.15) is 0 Å². The van der Waals surface area contributed by atoms with Crippen molar-refractivity contribution in [2.24, 2.45) is 0 Å². The number of nitro groups is 1. The highest BCUT2D eigenvalue weighted by Crippen LogP contribution is 2.04. The van der Waals surface area contributed by atoms with E-state index in [1.165, 1.54) is 12.1 Å². The summed E-state index contributed by atoms with van der Waals surface area (Å²) in [6, 6.07) is 2.65. The van der Waals surface area contributed by atoms with E-state index in [4.69, 9.17) is 11.6 Å². The van der Waals surface area contributed by atoms with Gasteiger partial charge in [0, 0.05) is 0 Å². The molecule has 0 unspecified atom stereocenters. The zero-order valence-corrected chi connectivity index (χ0v) is 5.99. The zero-order chi connectivity index (χ0) is 8.43. The van der Waals surface area contributed by atoms with Crippen LogP contribution in [0.3, 0.4) is 0 Å². The highest BCUT2D eigenvalue weighted by Gasteiger charge is 2.13. The average molecular weight is 175 g/mol. The van der Waals surface area contributed by atoms with Crippen LogP contribution in [0.25, 0.3) is 0 Å². The maximum absolute atomic E-state index is 10.5. The van der Waals surface area contributed by atoms with Gasteiger partial charge in [0.25, 0.3) is 5.24 Å². The average Bonchev–Trinajstić information content (AvgIpc) is 2.32. The van der Waals surface area contributed by atoms with Crippen LogP contribution in [0.15, 0.2) is 18.3 Å². The van der Waals surface area contributed by atoms with E-state index in [9.17, 15) is 14.9 Å². The van der Waals surface area contributed by atoms with Crippen LogP contribution < -0.4 is 0 Å². The first kappa shape index (κ1) is 7.74. The molecule has 0 saturated heterocycles. The summed E-state index contributed by atoms with van der Waals surface area (Å²) >= 11 is 5.03. The lowest BCUT2D eigenvalue weighted by molar-refractivity contribution is -0.542. The van der Waals surface area contributed by atoms with Gasteiger partial charge in [0.2, 0.25) is 0 Å². The van der Waals surface area contributed by atoms with Crippen LogP contribution in [-0.4, -0.2) is 15.0 Å². The van der Waals surface area contributed by atoms with Gasteiger partial charge >= 0.3 is 0 Å². The van der Waals surface area contributed by atoms with Crippen molar-refractivity contribution in [1.29, 1.82) is 0 Å². The Morgan fingerprint density at radius 2 is 2.36 bits per heavy atom. The van der Waals surface area contributed by atoms with E-state index in [2.05, 4.69) is 0 Å². The molecule has 1 rings (SSSR count). The molecular weight excluding hydrogens is 172 g/mol. The van der Waals surface area contributed by atoms with Crippen molar-refractivity contribution in [3.05, 3.63) is 34.1 Å². The lowest BCUT2D eigenvalue weighted by Crippen LogP contribution is -2.12. The fourth-order valence-electron chi connectivity index (χ4n) is 0.670. The molecule has 0 aliphatic rings. The van der Waals surface area contributed by atoms with Gasteiger partial charge in [0.1, 0.15) is 0 Å². The van der Waals surface area contributed by atoms with E-state index in [0.29, 0.717) is 4.68 Å². The van der Waals surface area contributed by atoms with Crippen LogP contribution in [0.1, 0.15) is 10.5 Å². The Kier molecular flexibility index (Phi) is 1.91. The Hall–Kier alpha value is -1.36. The summed E-state index contributed by atoms with van der Waals surface area (Å²) in [7, 11) is 0. The Morgan fingerprint density at radius 1 is 1.73 bits per heavy atom. The van der Waals surface area contributed by atoms with Crippen molar-refractivity contribution in [3.63, 3.8) is 0 Å². The Bertz CT molecular complexity index is 278. The van der Waals surface area contributed by atoms with E-state index >= 15 is 0 Å². The highest BCUT2D eigenvalue weighted by atomic mass is 35.5. The molecule has 0 saturated carbocycles. The second-order valence-corrected chi connectivity index (χ2v) is 2.09. The third-order valence-corrected chi connectivity index (χ3v) is 1.30. The van der Waals surface area contributed by atoms with Crippen molar-refractivity contribution in [1.82, 2.24) is 4.68 Å². The van der Waals surface area contributed by atoms with Crippen LogP contribution >= 0.6 is 11.6 Å². The molecule has 5 nitrogen and oxygen atoms in total.